The predicted molar refractivity (Wildman–Crippen MR) is 51.5 cm³/mol. The summed E-state index contributed by atoms with van der Waals surface area (Å²) in [5.41, 5.74) is 0.156. The Morgan fingerprint density at radius 3 is 1.82 bits per heavy atom. The van der Waals surface area contributed by atoms with Gasteiger partial charge in [0.05, 0.1) is 0 Å². The molecule has 0 aliphatic carbocycles. The molecule has 1 saturated heterocycles. The SMILES string of the molecule is CC1(C)CN[C@H](C(=O)O)C1.O=C(O)C(F)(F)F. The van der Waals surface area contributed by atoms with Gasteiger partial charge in [0.2, 0.25) is 0 Å². The number of aliphatic carboxylic acids is 2. The summed E-state index contributed by atoms with van der Waals surface area (Å²) in [6.07, 6.45) is -4.34. The molecular formula is C9H14F3NO4. The van der Waals surface area contributed by atoms with Crippen LogP contribution < -0.4 is 5.32 Å². The highest BCUT2D eigenvalue weighted by atomic mass is 19.4. The first-order valence-corrected chi connectivity index (χ1v) is 4.72. The normalized spacial score (nSPS) is 22.5. The summed E-state index contributed by atoms with van der Waals surface area (Å²) in [5, 5.41) is 18.7. The lowest BCUT2D eigenvalue weighted by molar-refractivity contribution is -0.192. The minimum Gasteiger partial charge on any atom is -0.480 e. The van der Waals surface area contributed by atoms with Crippen molar-refractivity contribution < 1.29 is 33.0 Å². The van der Waals surface area contributed by atoms with Crippen LogP contribution in [0.2, 0.25) is 0 Å². The zero-order valence-electron chi connectivity index (χ0n) is 9.34. The maximum atomic E-state index is 10.6. The first kappa shape index (κ1) is 15.7. The van der Waals surface area contributed by atoms with E-state index in [9.17, 15) is 18.0 Å². The second-order valence-electron chi connectivity index (χ2n) is 4.44. The van der Waals surface area contributed by atoms with Crippen LogP contribution in [-0.2, 0) is 9.59 Å². The minimum atomic E-state index is -5.08. The van der Waals surface area contributed by atoms with Crippen LogP contribution in [-0.4, -0.2) is 40.9 Å². The van der Waals surface area contributed by atoms with Crippen LogP contribution in [0.5, 0.6) is 0 Å². The van der Waals surface area contributed by atoms with E-state index in [1.807, 2.05) is 0 Å². The molecule has 1 rings (SSSR count). The molecule has 1 fully saturated rings. The summed E-state index contributed by atoms with van der Waals surface area (Å²) < 4.78 is 31.7. The van der Waals surface area contributed by atoms with Gasteiger partial charge in [0, 0.05) is 6.54 Å². The van der Waals surface area contributed by atoms with Gasteiger partial charge in [-0.2, -0.15) is 13.2 Å². The molecule has 0 spiro atoms. The lowest BCUT2D eigenvalue weighted by Crippen LogP contribution is -2.29. The summed E-state index contributed by atoms with van der Waals surface area (Å²) >= 11 is 0. The van der Waals surface area contributed by atoms with Crippen molar-refractivity contribution in [1.82, 2.24) is 5.32 Å². The Morgan fingerprint density at radius 2 is 1.71 bits per heavy atom. The van der Waals surface area contributed by atoms with Crippen LogP contribution in [0.3, 0.4) is 0 Å². The maximum Gasteiger partial charge on any atom is 0.490 e. The third kappa shape index (κ3) is 6.10. The lowest BCUT2D eigenvalue weighted by atomic mass is 9.91. The number of alkyl halides is 3. The fraction of sp³-hybridized carbons (Fsp3) is 0.778. The number of carboxylic acids is 2. The lowest BCUT2D eigenvalue weighted by Gasteiger charge is -2.13. The monoisotopic (exact) mass is 257 g/mol. The Kier molecular flexibility index (Phi) is 4.94. The van der Waals surface area contributed by atoms with Gasteiger partial charge in [-0.25, -0.2) is 4.79 Å². The standard InChI is InChI=1S/C7H13NO2.C2HF3O2/c1-7(2)3-5(6(9)10)8-4-7;3-2(4,5)1(6)7/h5,8H,3-4H2,1-2H3,(H,9,10);(H,6,7)/t5-;/m0./s1. The van der Waals surface area contributed by atoms with E-state index < -0.39 is 18.1 Å². The molecular weight excluding hydrogens is 243 g/mol. The van der Waals surface area contributed by atoms with E-state index in [0.29, 0.717) is 0 Å². The van der Waals surface area contributed by atoms with Crippen molar-refractivity contribution in [2.24, 2.45) is 5.41 Å². The summed E-state index contributed by atoms with van der Waals surface area (Å²) in [7, 11) is 0. The van der Waals surface area contributed by atoms with Gasteiger partial charge in [0.15, 0.2) is 0 Å². The second-order valence-corrected chi connectivity index (χ2v) is 4.44. The molecule has 1 aliphatic heterocycles. The van der Waals surface area contributed by atoms with E-state index in [1.54, 1.807) is 0 Å². The molecule has 1 heterocycles. The van der Waals surface area contributed by atoms with Crippen LogP contribution >= 0.6 is 0 Å². The summed E-state index contributed by atoms with van der Waals surface area (Å²) in [6.45, 7) is 4.95. The summed E-state index contributed by atoms with van der Waals surface area (Å²) in [6, 6.07) is -0.324. The number of halogens is 3. The number of rotatable bonds is 1. The molecule has 3 N–H and O–H groups in total. The van der Waals surface area contributed by atoms with E-state index in [0.717, 1.165) is 13.0 Å². The molecule has 0 unspecified atom stereocenters. The van der Waals surface area contributed by atoms with Gasteiger partial charge in [0.25, 0.3) is 0 Å². The average molecular weight is 257 g/mol. The molecule has 0 bridgehead atoms. The van der Waals surface area contributed by atoms with Crippen molar-refractivity contribution in [3.63, 3.8) is 0 Å². The quantitative estimate of drug-likeness (QED) is 0.654. The van der Waals surface area contributed by atoms with Crippen molar-refractivity contribution in [3.8, 4) is 0 Å². The van der Waals surface area contributed by atoms with Crippen molar-refractivity contribution >= 4 is 11.9 Å². The molecule has 1 atom stereocenters. The number of carboxylic acid groups (broad SMARTS) is 2. The zero-order chi connectivity index (χ0) is 13.9. The molecule has 0 aromatic rings. The van der Waals surface area contributed by atoms with Gasteiger partial charge in [0.1, 0.15) is 6.04 Å². The van der Waals surface area contributed by atoms with Gasteiger partial charge in [-0.15, -0.1) is 0 Å². The molecule has 8 heteroatoms. The van der Waals surface area contributed by atoms with E-state index >= 15 is 0 Å². The van der Waals surface area contributed by atoms with Gasteiger partial charge in [-0.3, -0.25) is 4.79 Å². The van der Waals surface area contributed by atoms with Gasteiger partial charge < -0.3 is 15.5 Å². The van der Waals surface area contributed by atoms with E-state index in [4.69, 9.17) is 15.0 Å². The van der Waals surface area contributed by atoms with Crippen LogP contribution in [0.25, 0.3) is 0 Å². The van der Waals surface area contributed by atoms with Gasteiger partial charge >= 0.3 is 18.1 Å². The molecule has 0 radical (unpaired) electrons. The number of hydrogen-bond acceptors (Lipinski definition) is 3. The van der Waals surface area contributed by atoms with Crippen molar-refractivity contribution in [3.05, 3.63) is 0 Å². The van der Waals surface area contributed by atoms with Crippen molar-refractivity contribution in [1.29, 1.82) is 0 Å². The van der Waals surface area contributed by atoms with Crippen LogP contribution in [0.1, 0.15) is 20.3 Å². The number of hydrogen-bond donors (Lipinski definition) is 3. The second kappa shape index (κ2) is 5.35. The first-order valence-electron chi connectivity index (χ1n) is 4.72. The third-order valence-corrected chi connectivity index (χ3v) is 2.12. The van der Waals surface area contributed by atoms with E-state index in [2.05, 4.69) is 19.2 Å². The average Bonchev–Trinajstić information content (AvgIpc) is 2.45. The van der Waals surface area contributed by atoms with E-state index in [-0.39, 0.29) is 11.5 Å². The highest BCUT2D eigenvalue weighted by Crippen LogP contribution is 2.26. The van der Waals surface area contributed by atoms with Crippen molar-refractivity contribution in [2.75, 3.05) is 6.54 Å². The van der Waals surface area contributed by atoms with Gasteiger partial charge in [-0.1, -0.05) is 13.8 Å². The fourth-order valence-electron chi connectivity index (χ4n) is 1.27. The first-order chi connectivity index (χ1) is 7.46. The smallest absolute Gasteiger partial charge is 0.480 e. The maximum absolute atomic E-state index is 10.6. The molecule has 0 aromatic carbocycles. The Labute approximate surface area is 95.6 Å². The predicted octanol–water partition coefficient (Wildman–Crippen LogP) is 1.09. The van der Waals surface area contributed by atoms with E-state index in [1.165, 1.54) is 0 Å². The minimum absolute atomic E-state index is 0.156. The molecule has 5 nitrogen and oxygen atoms in total. The van der Waals surface area contributed by atoms with Crippen LogP contribution in [0.4, 0.5) is 13.2 Å². The third-order valence-electron chi connectivity index (χ3n) is 2.12. The molecule has 100 valence electrons. The molecule has 0 amide bonds. The molecule has 17 heavy (non-hydrogen) atoms. The topological polar surface area (TPSA) is 86.6 Å². The number of nitrogens with one attached hydrogen (secondary N) is 1. The zero-order valence-corrected chi connectivity index (χ0v) is 9.34. The van der Waals surface area contributed by atoms with Crippen LogP contribution in [0, 0.1) is 5.41 Å². The Morgan fingerprint density at radius 1 is 1.29 bits per heavy atom. The highest BCUT2D eigenvalue weighted by molar-refractivity contribution is 5.74. The highest BCUT2D eigenvalue weighted by Gasteiger charge is 2.38. The Balaban J connectivity index is 0.000000325. The number of carbonyl (C=O) groups is 2. The summed E-state index contributed by atoms with van der Waals surface area (Å²) in [4.78, 5) is 19.3. The summed E-state index contributed by atoms with van der Waals surface area (Å²) in [5.74, 6) is -3.49. The molecule has 0 saturated carbocycles. The largest absolute Gasteiger partial charge is 0.490 e. The van der Waals surface area contributed by atoms with Gasteiger partial charge in [-0.05, 0) is 11.8 Å². The van der Waals surface area contributed by atoms with Crippen LogP contribution in [0.15, 0.2) is 0 Å². The van der Waals surface area contributed by atoms with Crippen molar-refractivity contribution in [2.45, 2.75) is 32.5 Å². The Bertz CT molecular complexity index is 301. The molecule has 0 aromatic heterocycles. The Hall–Kier alpha value is -1.31. The fourth-order valence-corrected chi connectivity index (χ4v) is 1.27. The molecule has 1 aliphatic rings.